The van der Waals surface area contributed by atoms with E-state index in [-0.39, 0.29) is 11.8 Å². The van der Waals surface area contributed by atoms with E-state index in [1.54, 1.807) is 0 Å². The first-order valence-corrected chi connectivity index (χ1v) is 8.14. The summed E-state index contributed by atoms with van der Waals surface area (Å²) in [7, 11) is -1.03. The van der Waals surface area contributed by atoms with Gasteiger partial charge in [0.05, 0.1) is 5.75 Å². The monoisotopic (exact) mass is 270 g/mol. The number of benzene rings is 1. The van der Waals surface area contributed by atoms with Gasteiger partial charge in [0.15, 0.2) is 0 Å². The Balaban J connectivity index is 2.67. The van der Waals surface area contributed by atoms with Crippen molar-refractivity contribution in [2.24, 2.45) is 5.73 Å². The second kappa shape index (κ2) is 6.20. The van der Waals surface area contributed by atoms with Gasteiger partial charge in [-0.15, -0.1) is 0 Å². The van der Waals surface area contributed by atoms with Crippen molar-refractivity contribution in [3.63, 3.8) is 0 Å². The summed E-state index contributed by atoms with van der Waals surface area (Å²) < 4.78 is 22.2. The molecule has 102 valence electrons. The number of hydrogen-bond donors (Lipinski definition) is 1. The summed E-state index contributed by atoms with van der Waals surface area (Å²) in [6, 6.07) is 8.03. The van der Waals surface area contributed by atoms with Gasteiger partial charge in [0, 0.05) is 31.6 Å². The predicted octanol–water partition coefficient (Wildman–Crippen LogP) is 1.58. The second-order valence-electron chi connectivity index (χ2n) is 4.66. The van der Waals surface area contributed by atoms with E-state index >= 15 is 0 Å². The quantitative estimate of drug-likeness (QED) is 0.852. The molecule has 1 aromatic carbocycles. The van der Waals surface area contributed by atoms with E-state index in [2.05, 4.69) is 6.92 Å². The lowest BCUT2D eigenvalue weighted by atomic mass is 10.1. The van der Waals surface area contributed by atoms with Crippen LogP contribution >= 0.6 is 0 Å². The first-order valence-electron chi connectivity index (χ1n) is 6.08. The minimum atomic E-state index is -2.91. The Kier molecular flexibility index (Phi) is 5.16. The van der Waals surface area contributed by atoms with Crippen LogP contribution in [0.4, 0.5) is 5.69 Å². The summed E-state index contributed by atoms with van der Waals surface area (Å²) in [6.45, 7) is 2.55. The summed E-state index contributed by atoms with van der Waals surface area (Å²) >= 11 is 0. The van der Waals surface area contributed by atoms with Crippen molar-refractivity contribution in [2.45, 2.75) is 19.4 Å². The molecular weight excluding hydrogens is 248 g/mol. The molecule has 0 heterocycles. The van der Waals surface area contributed by atoms with Crippen molar-refractivity contribution in [3.05, 3.63) is 29.8 Å². The average molecular weight is 270 g/mol. The van der Waals surface area contributed by atoms with Crippen molar-refractivity contribution in [3.8, 4) is 0 Å². The molecule has 1 aromatic rings. The third kappa shape index (κ3) is 4.66. The largest absolute Gasteiger partial charge is 0.374 e. The fraction of sp³-hybridized carbons (Fsp3) is 0.538. The molecule has 5 heteroatoms. The molecular formula is C13H22N2O2S. The Morgan fingerprint density at radius 1 is 1.28 bits per heavy atom. The standard InChI is InChI=1S/C13H22N2O2S/c1-4-13(14)11-5-7-12(8-6-11)15(2)9-10-18(3,16)17/h5-8,13H,4,9-10,14H2,1-3H3/t13-/m1/s1. The molecule has 0 aliphatic rings. The van der Waals surface area contributed by atoms with Crippen LogP contribution < -0.4 is 10.6 Å². The van der Waals surface area contributed by atoms with Crippen molar-refractivity contribution in [1.82, 2.24) is 0 Å². The fourth-order valence-corrected chi connectivity index (χ4v) is 2.25. The van der Waals surface area contributed by atoms with Gasteiger partial charge in [-0.2, -0.15) is 0 Å². The molecule has 0 aromatic heterocycles. The molecule has 2 N–H and O–H groups in total. The van der Waals surface area contributed by atoms with Crippen molar-refractivity contribution in [2.75, 3.05) is 30.5 Å². The normalized spacial score (nSPS) is 13.3. The van der Waals surface area contributed by atoms with E-state index < -0.39 is 9.84 Å². The van der Waals surface area contributed by atoms with Crippen LogP contribution in [0.25, 0.3) is 0 Å². The molecule has 1 atom stereocenters. The lowest BCUT2D eigenvalue weighted by Crippen LogP contribution is -2.24. The van der Waals surface area contributed by atoms with E-state index in [1.807, 2.05) is 36.2 Å². The molecule has 0 spiro atoms. The molecule has 0 amide bonds. The lowest BCUT2D eigenvalue weighted by Gasteiger charge is -2.19. The third-order valence-corrected chi connectivity index (χ3v) is 3.92. The van der Waals surface area contributed by atoms with Gasteiger partial charge in [-0.1, -0.05) is 19.1 Å². The van der Waals surface area contributed by atoms with Crippen molar-refractivity contribution < 1.29 is 8.42 Å². The molecule has 0 bridgehead atoms. The Bertz CT molecular complexity index is 468. The highest BCUT2D eigenvalue weighted by atomic mass is 32.2. The van der Waals surface area contributed by atoms with Gasteiger partial charge in [-0.3, -0.25) is 0 Å². The van der Waals surface area contributed by atoms with Gasteiger partial charge in [-0.05, 0) is 24.1 Å². The van der Waals surface area contributed by atoms with Gasteiger partial charge >= 0.3 is 0 Å². The third-order valence-electron chi connectivity index (χ3n) is 3.00. The molecule has 0 saturated carbocycles. The highest BCUT2D eigenvalue weighted by Crippen LogP contribution is 2.18. The molecule has 4 nitrogen and oxygen atoms in total. The number of sulfone groups is 1. The first kappa shape index (κ1) is 15.0. The topological polar surface area (TPSA) is 63.4 Å². The number of hydrogen-bond acceptors (Lipinski definition) is 4. The number of anilines is 1. The fourth-order valence-electron chi connectivity index (χ4n) is 1.64. The Morgan fingerprint density at radius 2 is 1.83 bits per heavy atom. The van der Waals surface area contributed by atoms with E-state index in [0.717, 1.165) is 17.7 Å². The summed E-state index contributed by atoms with van der Waals surface area (Å²) in [5.74, 6) is 0.166. The smallest absolute Gasteiger partial charge is 0.149 e. The SMILES string of the molecule is CC[C@@H](N)c1ccc(N(C)CCS(C)(=O)=O)cc1. The van der Waals surface area contributed by atoms with E-state index in [0.29, 0.717) is 6.54 Å². The van der Waals surface area contributed by atoms with Crippen LogP contribution in [-0.4, -0.2) is 34.0 Å². The minimum absolute atomic E-state index is 0.0698. The van der Waals surface area contributed by atoms with Gasteiger partial charge < -0.3 is 10.6 Å². The maximum Gasteiger partial charge on any atom is 0.149 e. The molecule has 0 radical (unpaired) electrons. The van der Waals surface area contributed by atoms with Gasteiger partial charge in [0.1, 0.15) is 9.84 Å². The average Bonchev–Trinajstić information content (AvgIpc) is 2.34. The first-order chi connectivity index (χ1) is 8.33. The van der Waals surface area contributed by atoms with Crippen LogP contribution in [0.1, 0.15) is 24.9 Å². The van der Waals surface area contributed by atoms with Crippen molar-refractivity contribution >= 4 is 15.5 Å². The van der Waals surface area contributed by atoms with Gasteiger partial charge in [-0.25, -0.2) is 8.42 Å². The van der Waals surface area contributed by atoms with E-state index in [9.17, 15) is 8.42 Å². The maximum atomic E-state index is 11.1. The van der Waals surface area contributed by atoms with Crippen LogP contribution in [-0.2, 0) is 9.84 Å². The summed E-state index contributed by atoms with van der Waals surface area (Å²) in [4.78, 5) is 1.93. The zero-order valence-corrected chi connectivity index (χ0v) is 12.1. The summed E-state index contributed by atoms with van der Waals surface area (Å²) in [5.41, 5.74) is 8.06. The molecule has 0 fully saturated rings. The highest BCUT2D eigenvalue weighted by molar-refractivity contribution is 7.90. The zero-order chi connectivity index (χ0) is 13.8. The predicted molar refractivity (Wildman–Crippen MR) is 76.6 cm³/mol. The Hall–Kier alpha value is -1.07. The molecule has 18 heavy (non-hydrogen) atoms. The van der Waals surface area contributed by atoms with Crippen molar-refractivity contribution in [1.29, 1.82) is 0 Å². The number of nitrogens with two attached hydrogens (primary N) is 1. The van der Waals surface area contributed by atoms with E-state index in [4.69, 9.17) is 5.73 Å². The van der Waals surface area contributed by atoms with Crippen LogP contribution in [0.15, 0.2) is 24.3 Å². The number of rotatable bonds is 6. The summed E-state index contributed by atoms with van der Waals surface area (Å²) in [6.07, 6.45) is 2.16. The molecule has 0 aliphatic heterocycles. The molecule has 0 saturated heterocycles. The Morgan fingerprint density at radius 3 is 2.28 bits per heavy atom. The minimum Gasteiger partial charge on any atom is -0.374 e. The number of nitrogens with zero attached hydrogens (tertiary/aromatic N) is 1. The lowest BCUT2D eigenvalue weighted by molar-refractivity contribution is 0.601. The zero-order valence-electron chi connectivity index (χ0n) is 11.3. The van der Waals surface area contributed by atoms with Crippen LogP contribution in [0.5, 0.6) is 0 Å². The van der Waals surface area contributed by atoms with Gasteiger partial charge in [0.25, 0.3) is 0 Å². The highest BCUT2D eigenvalue weighted by Gasteiger charge is 2.07. The molecule has 1 rings (SSSR count). The summed E-state index contributed by atoms with van der Waals surface area (Å²) in [5, 5.41) is 0. The van der Waals surface area contributed by atoms with Crippen LogP contribution in [0, 0.1) is 0 Å². The van der Waals surface area contributed by atoms with Gasteiger partial charge in [0.2, 0.25) is 0 Å². The van der Waals surface area contributed by atoms with Crippen LogP contribution in [0.2, 0.25) is 0 Å². The maximum absolute atomic E-state index is 11.1. The van der Waals surface area contributed by atoms with Crippen LogP contribution in [0.3, 0.4) is 0 Å². The molecule has 0 unspecified atom stereocenters. The Labute approximate surface area is 110 Å². The molecule has 0 aliphatic carbocycles. The second-order valence-corrected chi connectivity index (χ2v) is 6.92. The van der Waals surface area contributed by atoms with E-state index in [1.165, 1.54) is 6.26 Å².